The third kappa shape index (κ3) is 3.44. The van der Waals surface area contributed by atoms with Gasteiger partial charge in [-0.25, -0.2) is 4.79 Å². The molecule has 2 fully saturated rings. The average molecular weight is 365 g/mol. The fraction of sp³-hybridized carbons (Fsp3) is 0.471. The first-order valence-electron chi connectivity index (χ1n) is 8.06. The molecule has 24 heavy (non-hydrogen) atoms. The van der Waals surface area contributed by atoms with Crippen molar-refractivity contribution in [2.75, 3.05) is 5.32 Å². The molecular weight excluding hydrogens is 344 g/mol. The number of hydrogen-bond acceptors (Lipinski definition) is 4. The van der Waals surface area contributed by atoms with Crippen molar-refractivity contribution in [3.63, 3.8) is 0 Å². The van der Waals surface area contributed by atoms with Gasteiger partial charge in [0.1, 0.15) is 5.04 Å². The van der Waals surface area contributed by atoms with Crippen molar-refractivity contribution in [2.45, 2.75) is 45.2 Å². The van der Waals surface area contributed by atoms with Crippen LogP contribution >= 0.6 is 23.4 Å². The number of hydrogen-bond donors (Lipinski definition) is 3. The van der Waals surface area contributed by atoms with Crippen molar-refractivity contribution in [2.24, 2.45) is 5.92 Å². The highest BCUT2D eigenvalue weighted by atomic mass is 35.5. The Kier molecular flexibility index (Phi) is 4.88. The van der Waals surface area contributed by atoms with Gasteiger partial charge in [-0.05, 0) is 50.3 Å². The van der Waals surface area contributed by atoms with Crippen LogP contribution in [0.5, 0.6) is 0 Å². The zero-order valence-corrected chi connectivity index (χ0v) is 15.3. The Morgan fingerprint density at radius 2 is 1.96 bits per heavy atom. The van der Waals surface area contributed by atoms with E-state index in [1.54, 1.807) is 25.1 Å². The van der Waals surface area contributed by atoms with Crippen LogP contribution in [0, 0.1) is 16.7 Å². The number of nitrogens with zero attached hydrogens (tertiary/aromatic N) is 1. The number of carbonyl (C=O) groups excluding carboxylic acids is 1. The monoisotopic (exact) mass is 364 g/mol. The summed E-state index contributed by atoms with van der Waals surface area (Å²) in [5.74, 6) is 0.696. The molecule has 0 saturated carbocycles. The van der Waals surface area contributed by atoms with E-state index in [-0.39, 0.29) is 11.1 Å². The van der Waals surface area contributed by atoms with E-state index in [1.165, 1.54) is 0 Å². The molecule has 7 heteroatoms. The third-order valence-corrected chi connectivity index (χ3v) is 5.69. The first-order chi connectivity index (χ1) is 11.3. The highest BCUT2D eigenvalue weighted by Crippen LogP contribution is 2.41. The van der Waals surface area contributed by atoms with Gasteiger partial charge in [-0.15, -0.1) is 0 Å². The molecule has 0 radical (unpaired) electrons. The molecule has 2 aliphatic rings. The van der Waals surface area contributed by atoms with Crippen molar-refractivity contribution in [3.8, 4) is 0 Å². The zero-order chi connectivity index (χ0) is 17.4. The van der Waals surface area contributed by atoms with Crippen LogP contribution in [0.3, 0.4) is 0 Å². The molecule has 2 heterocycles. The Bertz CT molecular complexity index is 696. The lowest BCUT2D eigenvalue weighted by Crippen LogP contribution is -2.63. The smallest absolute Gasteiger partial charge is 0.318 e. The van der Waals surface area contributed by atoms with Gasteiger partial charge in [0, 0.05) is 23.3 Å². The lowest BCUT2D eigenvalue weighted by molar-refractivity contribution is -0.00600. The van der Waals surface area contributed by atoms with E-state index in [1.807, 2.05) is 4.90 Å². The average Bonchev–Trinajstić information content (AvgIpc) is 2.47. The van der Waals surface area contributed by atoms with Crippen LogP contribution in [0.4, 0.5) is 10.5 Å². The SMILES string of the molecule is CC(=N)SC(=N)c1cc(NC(=O)N2C3CC(C)CC2C3)ccc1Cl. The van der Waals surface area contributed by atoms with Crippen LogP contribution < -0.4 is 5.32 Å². The number of piperidine rings is 1. The lowest BCUT2D eigenvalue weighted by Gasteiger charge is -2.54. The summed E-state index contributed by atoms with van der Waals surface area (Å²) in [6.07, 6.45) is 3.27. The maximum Gasteiger partial charge on any atom is 0.322 e. The van der Waals surface area contributed by atoms with Crippen molar-refractivity contribution in [1.82, 2.24) is 4.90 Å². The van der Waals surface area contributed by atoms with Crippen molar-refractivity contribution in [3.05, 3.63) is 28.8 Å². The van der Waals surface area contributed by atoms with Gasteiger partial charge in [-0.3, -0.25) is 10.8 Å². The molecule has 2 atom stereocenters. The number of amides is 2. The number of nitrogens with one attached hydrogen (secondary N) is 3. The molecule has 1 aromatic carbocycles. The topological polar surface area (TPSA) is 80.0 Å². The molecule has 2 aliphatic heterocycles. The molecule has 0 aromatic heterocycles. The van der Waals surface area contributed by atoms with Crippen molar-refractivity contribution in [1.29, 1.82) is 10.8 Å². The molecule has 0 aliphatic carbocycles. The quantitative estimate of drug-likeness (QED) is 0.520. The van der Waals surface area contributed by atoms with Gasteiger partial charge in [0.25, 0.3) is 0 Å². The highest BCUT2D eigenvalue weighted by Gasteiger charge is 2.46. The molecular formula is C17H21ClN4OS. The molecule has 3 N–H and O–H groups in total. The summed E-state index contributed by atoms with van der Waals surface area (Å²) in [5, 5.41) is 19.5. The standard InChI is InChI=1S/C17H21ClN4OS/c1-9-5-12-8-13(6-9)22(12)17(23)21-11-3-4-15(18)14(7-11)16(20)24-10(2)19/h3-4,7,9,12-13,19-20H,5-6,8H2,1-2H3,(H,21,23). The summed E-state index contributed by atoms with van der Waals surface area (Å²) in [6.45, 7) is 3.87. The summed E-state index contributed by atoms with van der Waals surface area (Å²) in [6, 6.07) is 5.78. The minimum atomic E-state index is -0.0705. The summed E-state index contributed by atoms with van der Waals surface area (Å²) in [4.78, 5) is 14.5. The molecule has 2 unspecified atom stereocenters. The van der Waals surface area contributed by atoms with Gasteiger partial charge < -0.3 is 10.2 Å². The van der Waals surface area contributed by atoms with Crippen LogP contribution in [-0.2, 0) is 0 Å². The number of thioether (sulfide) groups is 1. The van der Waals surface area contributed by atoms with E-state index in [0.29, 0.717) is 39.3 Å². The van der Waals surface area contributed by atoms with Gasteiger partial charge in [-0.2, -0.15) is 0 Å². The first kappa shape index (κ1) is 17.3. The summed E-state index contributed by atoms with van der Waals surface area (Å²) >= 11 is 7.20. The Labute approximate surface area is 151 Å². The van der Waals surface area contributed by atoms with Crippen LogP contribution in [0.15, 0.2) is 18.2 Å². The molecule has 5 nitrogen and oxygen atoms in total. The molecule has 2 bridgehead atoms. The molecule has 2 saturated heterocycles. The summed E-state index contributed by atoms with van der Waals surface area (Å²) in [7, 11) is 0. The Morgan fingerprint density at radius 3 is 2.58 bits per heavy atom. The van der Waals surface area contributed by atoms with Crippen molar-refractivity contribution >= 4 is 45.2 Å². The van der Waals surface area contributed by atoms with Crippen LogP contribution in [0.2, 0.25) is 5.02 Å². The van der Waals surface area contributed by atoms with Gasteiger partial charge in [0.05, 0.1) is 10.1 Å². The second kappa shape index (κ2) is 6.76. The van der Waals surface area contributed by atoms with E-state index < -0.39 is 0 Å². The van der Waals surface area contributed by atoms with E-state index in [9.17, 15) is 4.79 Å². The first-order valence-corrected chi connectivity index (χ1v) is 9.25. The predicted octanol–water partition coefficient (Wildman–Crippen LogP) is 4.80. The molecule has 2 amide bonds. The number of anilines is 1. The molecule has 0 spiro atoms. The normalized spacial score (nSPS) is 25.0. The minimum absolute atomic E-state index is 0.0705. The van der Waals surface area contributed by atoms with E-state index >= 15 is 0 Å². The fourth-order valence-corrected chi connectivity index (χ4v) is 4.50. The highest BCUT2D eigenvalue weighted by molar-refractivity contribution is 8.26. The zero-order valence-electron chi connectivity index (χ0n) is 13.7. The summed E-state index contributed by atoms with van der Waals surface area (Å²) in [5.41, 5.74) is 1.16. The molecule has 1 aromatic rings. The van der Waals surface area contributed by atoms with Gasteiger partial charge in [-0.1, -0.05) is 30.3 Å². The second-order valence-corrected chi connectivity index (χ2v) is 8.27. The number of benzene rings is 1. The Balaban J connectivity index is 1.70. The predicted molar refractivity (Wildman–Crippen MR) is 101 cm³/mol. The fourth-order valence-electron chi connectivity index (χ4n) is 3.65. The van der Waals surface area contributed by atoms with E-state index in [4.69, 9.17) is 22.4 Å². The minimum Gasteiger partial charge on any atom is -0.318 e. The Hall–Kier alpha value is -1.53. The van der Waals surface area contributed by atoms with Crippen LogP contribution in [-0.4, -0.2) is 33.1 Å². The maximum atomic E-state index is 12.5. The lowest BCUT2D eigenvalue weighted by atomic mass is 9.74. The molecule has 128 valence electrons. The number of carbonyl (C=O) groups is 1. The van der Waals surface area contributed by atoms with Crippen LogP contribution in [0.1, 0.15) is 38.7 Å². The van der Waals surface area contributed by atoms with Gasteiger partial charge >= 0.3 is 6.03 Å². The third-order valence-electron chi connectivity index (χ3n) is 4.63. The van der Waals surface area contributed by atoms with E-state index in [0.717, 1.165) is 31.0 Å². The van der Waals surface area contributed by atoms with Gasteiger partial charge in [0.2, 0.25) is 0 Å². The largest absolute Gasteiger partial charge is 0.322 e. The van der Waals surface area contributed by atoms with Crippen LogP contribution in [0.25, 0.3) is 0 Å². The molecule has 3 rings (SSSR count). The number of fused-ring (bicyclic) bond motifs is 2. The number of halogens is 1. The number of rotatable bonds is 2. The van der Waals surface area contributed by atoms with Crippen molar-refractivity contribution < 1.29 is 4.79 Å². The summed E-state index contributed by atoms with van der Waals surface area (Å²) < 4.78 is 0. The van der Waals surface area contributed by atoms with Gasteiger partial charge in [0.15, 0.2) is 0 Å². The second-order valence-electron chi connectivity index (χ2n) is 6.64. The van der Waals surface area contributed by atoms with E-state index in [2.05, 4.69) is 12.2 Å². The Morgan fingerprint density at radius 1 is 1.29 bits per heavy atom. The number of urea groups is 1. The maximum absolute atomic E-state index is 12.5.